The van der Waals surface area contributed by atoms with Crippen molar-refractivity contribution in [3.05, 3.63) is 0 Å². The number of carboxylic acid groups (broad SMARTS) is 1. The van der Waals surface area contributed by atoms with Crippen LogP contribution >= 0.6 is 0 Å². The average Bonchev–Trinajstić information content (AvgIpc) is 1.88. The molecule has 0 bridgehead atoms. The average molecular weight is 204 g/mol. The Balaban J connectivity index is 2.47. The van der Waals surface area contributed by atoms with Crippen molar-refractivity contribution in [2.45, 2.75) is 30.4 Å². The van der Waals surface area contributed by atoms with Crippen molar-refractivity contribution in [1.82, 2.24) is 0 Å². The first-order chi connectivity index (χ1) is 4.72. The topological polar surface area (TPSA) is 37.3 Å². The summed E-state index contributed by atoms with van der Waals surface area (Å²) in [6.07, 6.45) is 4.36. The molecule has 1 saturated carbocycles. The van der Waals surface area contributed by atoms with Gasteiger partial charge in [0.1, 0.15) is 0 Å². The molecule has 0 amide bonds. The molecule has 0 aromatic rings. The molecule has 0 spiro atoms. The van der Waals surface area contributed by atoms with Crippen molar-refractivity contribution >= 4 is 22.8 Å². The molecule has 3 atom stereocenters. The summed E-state index contributed by atoms with van der Waals surface area (Å²) < 4.78 is 0.457. The Morgan fingerprint density at radius 3 is 2.40 bits per heavy atom. The first-order valence-corrected chi connectivity index (χ1v) is 5.10. The van der Waals surface area contributed by atoms with Gasteiger partial charge in [0.2, 0.25) is 0 Å². The van der Waals surface area contributed by atoms with E-state index in [1.165, 1.54) is 6.42 Å². The molecule has 1 fully saturated rings. The van der Waals surface area contributed by atoms with Crippen molar-refractivity contribution in [2.75, 3.05) is 0 Å². The second-order valence-electron chi connectivity index (χ2n) is 2.89. The minimum absolute atomic E-state index is 0.0336. The zero-order valence-electron chi connectivity index (χ0n) is 5.92. The van der Waals surface area contributed by atoms with E-state index in [0.717, 1.165) is 19.3 Å². The van der Waals surface area contributed by atoms with Gasteiger partial charge in [-0.25, -0.2) is 0 Å². The quantitative estimate of drug-likeness (QED) is 0.638. The molecule has 1 unspecified atom stereocenters. The number of rotatable bonds is 1. The Bertz CT molecular complexity index is 136. The molecule has 1 rings (SSSR count). The van der Waals surface area contributed by atoms with E-state index in [-0.39, 0.29) is 5.92 Å². The molecule has 1 N–H and O–H groups in total. The minimum atomic E-state index is -0.589. The molecule has 0 heterocycles. The first-order valence-electron chi connectivity index (χ1n) is 3.70. The van der Waals surface area contributed by atoms with Crippen LogP contribution < -0.4 is 0 Å². The molecule has 0 aromatic heterocycles. The molecular formula is C7H13AsO2. The van der Waals surface area contributed by atoms with E-state index < -0.39 is 5.97 Å². The zero-order valence-corrected chi connectivity index (χ0v) is 8.34. The van der Waals surface area contributed by atoms with Gasteiger partial charge in [0, 0.05) is 0 Å². The van der Waals surface area contributed by atoms with Crippen LogP contribution in [0.3, 0.4) is 0 Å². The molecule has 1 aliphatic carbocycles. The standard InChI is InChI=1S/C7H13AsO2/c8-6-4-2-1-3-5(6)7(9)10/h5-6H,1-4,8H2,(H,9,10)/t5-,6+/m0/s1. The first kappa shape index (κ1) is 8.13. The van der Waals surface area contributed by atoms with E-state index in [4.69, 9.17) is 5.11 Å². The molecule has 2 nitrogen and oxygen atoms in total. The monoisotopic (exact) mass is 204 g/mol. The van der Waals surface area contributed by atoms with E-state index >= 15 is 0 Å². The Hall–Kier alpha value is 0.0284. The third-order valence-corrected chi connectivity index (χ3v) is 3.81. The summed E-state index contributed by atoms with van der Waals surface area (Å²) in [4.78, 5) is 10.6. The van der Waals surface area contributed by atoms with Gasteiger partial charge < -0.3 is 0 Å². The van der Waals surface area contributed by atoms with Gasteiger partial charge in [0.05, 0.1) is 0 Å². The second kappa shape index (κ2) is 3.43. The summed E-state index contributed by atoms with van der Waals surface area (Å²) in [7, 11) is 0. The number of aliphatic carboxylic acids is 1. The van der Waals surface area contributed by atoms with Crippen LogP contribution in [-0.2, 0) is 4.79 Å². The Labute approximate surface area is 69.5 Å². The molecule has 0 aliphatic heterocycles. The Morgan fingerprint density at radius 1 is 1.40 bits per heavy atom. The van der Waals surface area contributed by atoms with Crippen molar-refractivity contribution in [1.29, 1.82) is 0 Å². The Morgan fingerprint density at radius 2 is 2.00 bits per heavy atom. The van der Waals surface area contributed by atoms with Crippen molar-refractivity contribution in [3.63, 3.8) is 0 Å². The number of hydrogen-bond donors (Lipinski definition) is 1. The normalized spacial score (nSPS) is 33.7. The predicted octanol–water partition coefficient (Wildman–Crippen LogP) is 0.683. The van der Waals surface area contributed by atoms with Crippen LogP contribution in [0.1, 0.15) is 25.7 Å². The van der Waals surface area contributed by atoms with Crippen LogP contribution in [0, 0.1) is 5.92 Å². The third-order valence-electron chi connectivity index (χ3n) is 2.14. The fourth-order valence-electron chi connectivity index (χ4n) is 1.47. The molecule has 0 aromatic carbocycles. The summed E-state index contributed by atoms with van der Waals surface area (Å²) in [5, 5.41) is 8.72. The molecule has 0 radical (unpaired) electrons. The van der Waals surface area contributed by atoms with E-state index in [2.05, 4.69) is 0 Å². The maximum absolute atomic E-state index is 10.6. The third kappa shape index (κ3) is 1.76. The summed E-state index contributed by atoms with van der Waals surface area (Å²) in [6, 6.07) is 0. The molecule has 0 saturated heterocycles. The maximum atomic E-state index is 10.6. The summed E-state index contributed by atoms with van der Waals surface area (Å²) >= 11 is 1.59. The van der Waals surface area contributed by atoms with Gasteiger partial charge in [-0.3, -0.25) is 0 Å². The number of hydrogen-bond acceptors (Lipinski definition) is 1. The van der Waals surface area contributed by atoms with Gasteiger partial charge in [-0.2, -0.15) is 0 Å². The van der Waals surface area contributed by atoms with E-state index in [0.29, 0.717) is 4.71 Å². The van der Waals surface area contributed by atoms with Gasteiger partial charge in [-0.15, -0.1) is 0 Å². The van der Waals surface area contributed by atoms with Crippen LogP contribution in [0.4, 0.5) is 0 Å². The number of carbonyl (C=O) groups is 1. The van der Waals surface area contributed by atoms with Gasteiger partial charge in [0.25, 0.3) is 0 Å². The van der Waals surface area contributed by atoms with Gasteiger partial charge in [0.15, 0.2) is 0 Å². The van der Waals surface area contributed by atoms with E-state index in [9.17, 15) is 4.79 Å². The van der Waals surface area contributed by atoms with Crippen LogP contribution in [0.25, 0.3) is 0 Å². The van der Waals surface area contributed by atoms with Crippen LogP contribution in [0.5, 0.6) is 0 Å². The van der Waals surface area contributed by atoms with Gasteiger partial charge in [-0.05, 0) is 0 Å². The van der Waals surface area contributed by atoms with Crippen LogP contribution in [0.15, 0.2) is 0 Å². The van der Waals surface area contributed by atoms with Crippen LogP contribution in [-0.4, -0.2) is 27.9 Å². The zero-order chi connectivity index (χ0) is 7.56. The summed E-state index contributed by atoms with van der Waals surface area (Å²) in [5.74, 6) is -0.622. The van der Waals surface area contributed by atoms with Crippen molar-refractivity contribution in [2.24, 2.45) is 5.92 Å². The molecule has 3 heteroatoms. The summed E-state index contributed by atoms with van der Waals surface area (Å²) in [5.41, 5.74) is 0. The SMILES string of the molecule is O=C(O)[C@H]1CCCC[C@H]1[AsH2]. The fraction of sp³-hybridized carbons (Fsp3) is 0.857. The molecule has 58 valence electrons. The van der Waals surface area contributed by atoms with Crippen molar-refractivity contribution < 1.29 is 9.90 Å². The van der Waals surface area contributed by atoms with Gasteiger partial charge >= 0.3 is 69.0 Å². The molecule has 1 aliphatic rings. The van der Waals surface area contributed by atoms with E-state index in [1.54, 1.807) is 16.9 Å². The van der Waals surface area contributed by atoms with Gasteiger partial charge in [-0.1, -0.05) is 0 Å². The number of carboxylic acids is 1. The summed E-state index contributed by atoms with van der Waals surface area (Å²) in [6.45, 7) is 0. The Kier molecular flexibility index (Phi) is 2.79. The fourth-order valence-corrected chi connectivity index (χ4v) is 2.71. The van der Waals surface area contributed by atoms with E-state index in [1.807, 2.05) is 0 Å². The molecular weight excluding hydrogens is 191 g/mol. The van der Waals surface area contributed by atoms with Crippen LogP contribution in [0.2, 0.25) is 4.71 Å². The molecule has 10 heavy (non-hydrogen) atoms. The second-order valence-corrected chi connectivity index (χ2v) is 4.69. The van der Waals surface area contributed by atoms with Crippen molar-refractivity contribution in [3.8, 4) is 0 Å². The predicted molar refractivity (Wildman–Crippen MR) is 41.9 cm³/mol.